The van der Waals surface area contributed by atoms with E-state index in [-0.39, 0.29) is 18.1 Å². The van der Waals surface area contributed by atoms with Crippen molar-refractivity contribution in [2.75, 3.05) is 4.90 Å². The Morgan fingerprint density at radius 1 is 1.36 bits per heavy atom. The maximum Gasteiger partial charge on any atom is 0.417 e. The first kappa shape index (κ1) is 16.8. The molecule has 1 aliphatic heterocycles. The zero-order chi connectivity index (χ0) is 18.2. The summed E-state index contributed by atoms with van der Waals surface area (Å²) >= 11 is 0. The fourth-order valence-electron chi connectivity index (χ4n) is 2.54. The minimum absolute atomic E-state index is 0.0467. The number of fused-ring (bicyclic) bond motifs is 1. The van der Waals surface area contributed by atoms with Crippen LogP contribution in [0, 0.1) is 11.3 Å². The van der Waals surface area contributed by atoms with E-state index in [0.29, 0.717) is 17.3 Å². The molecule has 1 amide bonds. The van der Waals surface area contributed by atoms with Crippen LogP contribution < -0.4 is 9.64 Å². The van der Waals surface area contributed by atoms with E-state index in [1.165, 1.54) is 11.8 Å². The van der Waals surface area contributed by atoms with E-state index < -0.39 is 23.8 Å². The van der Waals surface area contributed by atoms with Crippen LogP contribution in [0.5, 0.6) is 5.88 Å². The van der Waals surface area contributed by atoms with Crippen LogP contribution in [0.2, 0.25) is 0 Å². The molecule has 1 unspecified atom stereocenters. The predicted molar refractivity (Wildman–Crippen MR) is 81.7 cm³/mol. The Morgan fingerprint density at radius 2 is 2.08 bits per heavy atom. The monoisotopic (exact) mass is 347 g/mol. The summed E-state index contributed by atoms with van der Waals surface area (Å²) in [4.78, 5) is 17.3. The third kappa shape index (κ3) is 3.13. The van der Waals surface area contributed by atoms with Crippen molar-refractivity contribution >= 4 is 11.6 Å². The molecule has 25 heavy (non-hydrogen) atoms. The van der Waals surface area contributed by atoms with Gasteiger partial charge >= 0.3 is 6.18 Å². The van der Waals surface area contributed by atoms with Crippen LogP contribution in [0.25, 0.3) is 0 Å². The number of pyridine rings is 1. The topological polar surface area (TPSA) is 66.2 Å². The number of halogens is 3. The quantitative estimate of drug-likeness (QED) is 0.836. The van der Waals surface area contributed by atoms with Crippen molar-refractivity contribution in [3.05, 3.63) is 53.2 Å². The van der Waals surface area contributed by atoms with Crippen LogP contribution in [-0.2, 0) is 17.5 Å². The van der Waals surface area contributed by atoms with Gasteiger partial charge in [-0.2, -0.15) is 18.4 Å². The molecule has 0 saturated carbocycles. The van der Waals surface area contributed by atoms with Gasteiger partial charge in [-0.25, -0.2) is 4.98 Å². The lowest BCUT2D eigenvalue weighted by molar-refractivity contribution is -0.138. The lowest BCUT2D eigenvalue weighted by atomic mass is 10.1. The molecular formula is C17H12F3N3O2. The minimum atomic E-state index is -4.59. The Balaban J connectivity index is 2.07. The van der Waals surface area contributed by atoms with E-state index in [1.54, 1.807) is 24.3 Å². The number of carbonyl (C=O) groups is 1. The summed E-state index contributed by atoms with van der Waals surface area (Å²) in [6.45, 7) is 1.44. The number of hydrogen-bond acceptors (Lipinski definition) is 4. The summed E-state index contributed by atoms with van der Waals surface area (Å²) in [5, 5.41) is 9.17. The van der Waals surface area contributed by atoms with E-state index in [1.807, 2.05) is 6.07 Å². The number of aromatic nitrogens is 1. The maximum absolute atomic E-state index is 13.0. The fraction of sp³-hybridized carbons (Fsp3) is 0.235. The molecule has 0 saturated heterocycles. The molecule has 2 heterocycles. The summed E-state index contributed by atoms with van der Waals surface area (Å²) in [6, 6.07) is 9.42. The lowest BCUT2D eigenvalue weighted by Crippen LogP contribution is -2.44. The Hall–Kier alpha value is -3.08. The molecule has 3 rings (SSSR count). The number of nitriles is 1. The zero-order valence-corrected chi connectivity index (χ0v) is 13.0. The van der Waals surface area contributed by atoms with Crippen LogP contribution in [0.4, 0.5) is 18.9 Å². The van der Waals surface area contributed by atoms with Gasteiger partial charge in [-0.3, -0.25) is 9.69 Å². The van der Waals surface area contributed by atoms with Gasteiger partial charge in [0.25, 0.3) is 5.91 Å². The van der Waals surface area contributed by atoms with E-state index >= 15 is 0 Å². The van der Waals surface area contributed by atoms with Gasteiger partial charge in [-0.15, -0.1) is 0 Å². The zero-order valence-electron chi connectivity index (χ0n) is 13.0. The SMILES string of the molecule is CC1Oc2ncc(C(F)(F)F)cc2N(Cc2ccccc2C#N)C1=O. The highest BCUT2D eigenvalue weighted by atomic mass is 19.4. The minimum Gasteiger partial charge on any atom is -0.463 e. The van der Waals surface area contributed by atoms with Crippen LogP contribution in [0.15, 0.2) is 36.5 Å². The van der Waals surface area contributed by atoms with Crippen molar-refractivity contribution in [3.63, 3.8) is 0 Å². The van der Waals surface area contributed by atoms with Gasteiger partial charge in [-0.1, -0.05) is 18.2 Å². The molecule has 0 N–H and O–H groups in total. The second-order valence-corrected chi connectivity index (χ2v) is 5.50. The second kappa shape index (κ2) is 6.09. The molecule has 1 aromatic carbocycles. The number of anilines is 1. The van der Waals surface area contributed by atoms with E-state index in [9.17, 15) is 23.2 Å². The number of carbonyl (C=O) groups excluding carboxylic acids is 1. The summed E-state index contributed by atoms with van der Waals surface area (Å²) in [5.74, 6) is -0.545. The number of nitrogens with zero attached hydrogens (tertiary/aromatic N) is 3. The largest absolute Gasteiger partial charge is 0.463 e. The highest BCUT2D eigenvalue weighted by Gasteiger charge is 2.37. The van der Waals surface area contributed by atoms with Crippen LogP contribution in [0.1, 0.15) is 23.6 Å². The molecule has 1 aromatic heterocycles. The predicted octanol–water partition coefficient (Wildman–Crippen LogP) is 3.29. The molecule has 1 atom stereocenters. The lowest BCUT2D eigenvalue weighted by Gasteiger charge is -2.32. The van der Waals surface area contributed by atoms with Crippen molar-refractivity contribution < 1.29 is 22.7 Å². The standard InChI is InChI=1S/C17H12F3N3O2/c1-10-16(24)23(9-12-5-3-2-4-11(12)7-21)14-6-13(17(18,19)20)8-22-15(14)25-10/h2-6,8,10H,9H2,1H3. The number of rotatable bonds is 2. The Morgan fingerprint density at radius 3 is 2.76 bits per heavy atom. The summed E-state index contributed by atoms with van der Waals surface area (Å²) < 4.78 is 44.2. The number of alkyl halides is 3. The molecule has 128 valence electrons. The van der Waals surface area contributed by atoms with Crippen LogP contribution in [-0.4, -0.2) is 17.0 Å². The average Bonchev–Trinajstić information content (AvgIpc) is 2.58. The molecule has 0 aliphatic carbocycles. The normalized spacial score (nSPS) is 16.8. The van der Waals surface area contributed by atoms with Gasteiger partial charge in [-0.05, 0) is 24.6 Å². The summed E-state index contributed by atoms with van der Waals surface area (Å²) in [6.07, 6.45) is -4.81. The van der Waals surface area contributed by atoms with Gasteiger partial charge in [0.1, 0.15) is 5.69 Å². The Bertz CT molecular complexity index is 874. The van der Waals surface area contributed by atoms with Gasteiger partial charge in [0.2, 0.25) is 5.88 Å². The first-order valence-electron chi connectivity index (χ1n) is 7.34. The summed E-state index contributed by atoms with van der Waals surface area (Å²) in [7, 11) is 0. The Labute approximate surface area is 141 Å². The highest BCUT2D eigenvalue weighted by Crippen LogP contribution is 2.38. The maximum atomic E-state index is 13.0. The second-order valence-electron chi connectivity index (χ2n) is 5.50. The molecule has 2 aromatic rings. The first-order valence-corrected chi connectivity index (χ1v) is 7.34. The Kier molecular flexibility index (Phi) is 4.08. The van der Waals surface area contributed by atoms with Crippen molar-refractivity contribution in [1.29, 1.82) is 5.26 Å². The van der Waals surface area contributed by atoms with Crippen LogP contribution in [0.3, 0.4) is 0 Å². The number of benzene rings is 1. The smallest absolute Gasteiger partial charge is 0.417 e. The van der Waals surface area contributed by atoms with E-state index in [4.69, 9.17) is 4.74 Å². The van der Waals surface area contributed by atoms with Gasteiger partial charge in [0.15, 0.2) is 6.10 Å². The van der Waals surface area contributed by atoms with Crippen molar-refractivity contribution in [2.45, 2.75) is 25.7 Å². The third-order valence-electron chi connectivity index (χ3n) is 3.82. The molecule has 5 nitrogen and oxygen atoms in total. The molecule has 1 aliphatic rings. The van der Waals surface area contributed by atoms with E-state index in [0.717, 1.165) is 6.07 Å². The molecule has 8 heteroatoms. The van der Waals surface area contributed by atoms with Crippen molar-refractivity contribution in [3.8, 4) is 11.9 Å². The molecule has 0 bridgehead atoms. The molecule has 0 fully saturated rings. The van der Waals surface area contributed by atoms with Crippen molar-refractivity contribution in [1.82, 2.24) is 4.98 Å². The first-order chi connectivity index (χ1) is 11.8. The third-order valence-corrected chi connectivity index (χ3v) is 3.82. The van der Waals surface area contributed by atoms with Gasteiger partial charge in [0.05, 0.1) is 23.7 Å². The summed E-state index contributed by atoms with van der Waals surface area (Å²) in [5.41, 5.74) is -0.173. The van der Waals surface area contributed by atoms with Gasteiger partial charge < -0.3 is 4.74 Å². The average molecular weight is 347 g/mol. The fourth-order valence-corrected chi connectivity index (χ4v) is 2.54. The molecule has 0 spiro atoms. The number of amides is 1. The van der Waals surface area contributed by atoms with Gasteiger partial charge in [0, 0.05) is 6.20 Å². The van der Waals surface area contributed by atoms with Crippen molar-refractivity contribution in [2.24, 2.45) is 0 Å². The number of ether oxygens (including phenoxy) is 1. The molecule has 0 radical (unpaired) electrons. The molecular weight excluding hydrogens is 335 g/mol. The highest BCUT2D eigenvalue weighted by molar-refractivity contribution is 5.99. The van der Waals surface area contributed by atoms with Crippen LogP contribution >= 0.6 is 0 Å². The number of hydrogen-bond donors (Lipinski definition) is 0. The van der Waals surface area contributed by atoms with E-state index in [2.05, 4.69) is 4.98 Å².